The quantitative estimate of drug-likeness (QED) is 0.364. The maximum atomic E-state index is 6.07. The highest BCUT2D eigenvalue weighted by molar-refractivity contribution is 7.80. The van der Waals surface area contributed by atoms with Crippen LogP contribution in [0.3, 0.4) is 0 Å². The van der Waals surface area contributed by atoms with Crippen LogP contribution in [0.1, 0.15) is 18.2 Å². The van der Waals surface area contributed by atoms with Gasteiger partial charge in [-0.1, -0.05) is 17.7 Å². The number of aromatic amines is 1. The summed E-state index contributed by atoms with van der Waals surface area (Å²) in [5, 5.41) is 9.75. The van der Waals surface area contributed by atoms with Gasteiger partial charge in [-0.25, -0.2) is 0 Å². The maximum absolute atomic E-state index is 6.07. The summed E-state index contributed by atoms with van der Waals surface area (Å²) in [6.45, 7) is 2.58. The molecule has 5 nitrogen and oxygen atoms in total. The highest BCUT2D eigenvalue weighted by atomic mass is 35.5. The first-order valence-electron chi connectivity index (χ1n) is 7.88. The molecule has 0 unspecified atom stereocenters. The largest absolute Gasteiger partial charge is 0.361 e. The molecule has 25 heavy (non-hydrogen) atoms. The maximum Gasteiger partial charge on any atom is 0.186 e. The van der Waals surface area contributed by atoms with Crippen LogP contribution >= 0.6 is 23.8 Å². The lowest BCUT2D eigenvalue weighted by Crippen LogP contribution is -2.34. The van der Waals surface area contributed by atoms with Gasteiger partial charge in [-0.2, -0.15) is 5.10 Å². The van der Waals surface area contributed by atoms with Gasteiger partial charge in [-0.3, -0.25) is 10.4 Å². The van der Waals surface area contributed by atoms with Crippen molar-refractivity contribution in [2.75, 3.05) is 6.54 Å². The fourth-order valence-electron chi connectivity index (χ4n) is 2.48. The van der Waals surface area contributed by atoms with Crippen LogP contribution in [0.15, 0.2) is 53.9 Å². The Morgan fingerprint density at radius 2 is 2.20 bits per heavy atom. The average Bonchev–Trinajstić information content (AvgIpc) is 3.02. The molecular weight excluding hydrogens is 354 g/mol. The van der Waals surface area contributed by atoms with Crippen LogP contribution in [-0.4, -0.2) is 27.3 Å². The second-order valence-electron chi connectivity index (χ2n) is 5.53. The van der Waals surface area contributed by atoms with E-state index >= 15 is 0 Å². The minimum atomic E-state index is 0.480. The second-order valence-corrected chi connectivity index (χ2v) is 6.38. The number of thiocarbonyl (C=S) groups is 1. The van der Waals surface area contributed by atoms with Crippen molar-refractivity contribution in [2.45, 2.75) is 13.3 Å². The molecule has 0 aliphatic heterocycles. The lowest BCUT2D eigenvalue weighted by molar-refractivity contribution is 0.839. The predicted octanol–water partition coefficient (Wildman–Crippen LogP) is 3.65. The summed E-state index contributed by atoms with van der Waals surface area (Å²) in [5.41, 5.74) is 6.71. The number of halogens is 1. The Morgan fingerprint density at radius 3 is 3.00 bits per heavy atom. The molecule has 0 saturated carbocycles. The van der Waals surface area contributed by atoms with Crippen LogP contribution in [0.5, 0.6) is 0 Å². The van der Waals surface area contributed by atoms with E-state index in [0.717, 1.165) is 33.8 Å². The Bertz CT molecular complexity index is 904. The summed E-state index contributed by atoms with van der Waals surface area (Å²) in [6, 6.07) is 11.5. The molecule has 0 aliphatic carbocycles. The predicted molar refractivity (Wildman–Crippen MR) is 107 cm³/mol. The highest BCUT2D eigenvalue weighted by Crippen LogP contribution is 2.22. The van der Waals surface area contributed by atoms with Crippen molar-refractivity contribution < 1.29 is 0 Å². The van der Waals surface area contributed by atoms with E-state index in [1.54, 1.807) is 6.20 Å². The van der Waals surface area contributed by atoms with E-state index in [9.17, 15) is 0 Å². The van der Waals surface area contributed by atoms with E-state index in [4.69, 9.17) is 23.8 Å². The monoisotopic (exact) mass is 371 g/mol. The Labute approximate surface area is 156 Å². The van der Waals surface area contributed by atoms with Gasteiger partial charge in [-0.05, 0) is 61.5 Å². The van der Waals surface area contributed by atoms with Gasteiger partial charge in [-0.15, -0.1) is 0 Å². The molecule has 0 amide bonds. The fourth-order valence-corrected chi connectivity index (χ4v) is 2.80. The summed E-state index contributed by atoms with van der Waals surface area (Å²) in [5.74, 6) is 0. The first-order valence-corrected chi connectivity index (χ1v) is 8.67. The standard InChI is InChI=1S/C18H18ClN5S/c1-12(16-4-2-3-8-20-16)23-24-18(25)21-9-7-13-11-22-17-6-5-14(19)10-15(13)17/h2-6,8,10-11,22H,7,9H2,1H3,(H2,21,24,25)/b23-12+. The van der Waals surface area contributed by atoms with Crippen LogP contribution in [0.2, 0.25) is 5.02 Å². The molecule has 2 heterocycles. The van der Waals surface area contributed by atoms with E-state index in [-0.39, 0.29) is 0 Å². The molecular formula is C18H18ClN5S. The van der Waals surface area contributed by atoms with Gasteiger partial charge >= 0.3 is 0 Å². The molecule has 3 N–H and O–H groups in total. The third-order valence-electron chi connectivity index (χ3n) is 3.77. The molecule has 0 saturated heterocycles. The molecule has 128 valence electrons. The van der Waals surface area contributed by atoms with E-state index < -0.39 is 0 Å². The third kappa shape index (κ3) is 4.55. The van der Waals surface area contributed by atoms with Crippen molar-refractivity contribution in [3.05, 3.63) is 65.1 Å². The Morgan fingerprint density at radius 1 is 1.32 bits per heavy atom. The number of aromatic nitrogens is 2. The SMILES string of the molecule is C/C(=N\NC(=S)NCCc1c[nH]c2ccc(Cl)cc12)c1ccccn1. The number of nitrogens with one attached hydrogen (secondary N) is 3. The molecule has 3 aromatic rings. The Kier molecular flexibility index (Phi) is 5.63. The van der Waals surface area contributed by atoms with Crippen LogP contribution in [0.25, 0.3) is 10.9 Å². The summed E-state index contributed by atoms with van der Waals surface area (Å²) in [7, 11) is 0. The molecule has 2 aromatic heterocycles. The normalized spacial score (nSPS) is 11.5. The molecule has 0 atom stereocenters. The Hall–Kier alpha value is -2.44. The van der Waals surface area contributed by atoms with Crippen molar-refractivity contribution in [2.24, 2.45) is 5.10 Å². The Balaban J connectivity index is 1.51. The minimum absolute atomic E-state index is 0.480. The fraction of sp³-hybridized carbons (Fsp3) is 0.167. The minimum Gasteiger partial charge on any atom is -0.361 e. The number of fused-ring (bicyclic) bond motifs is 1. The first-order chi connectivity index (χ1) is 12.1. The summed E-state index contributed by atoms with van der Waals surface area (Å²) >= 11 is 11.3. The van der Waals surface area contributed by atoms with Gasteiger partial charge in [0.2, 0.25) is 0 Å². The van der Waals surface area contributed by atoms with Crippen LogP contribution in [0.4, 0.5) is 0 Å². The number of pyridine rings is 1. The van der Waals surface area contributed by atoms with E-state index in [2.05, 4.69) is 25.8 Å². The van der Waals surface area contributed by atoms with Crippen molar-refractivity contribution in [3.8, 4) is 0 Å². The van der Waals surface area contributed by atoms with Gasteiger partial charge in [0.25, 0.3) is 0 Å². The summed E-state index contributed by atoms with van der Waals surface area (Å²) < 4.78 is 0. The molecule has 0 fully saturated rings. The van der Waals surface area contributed by atoms with Crippen molar-refractivity contribution >= 4 is 45.5 Å². The number of hydrazone groups is 1. The molecule has 0 spiro atoms. The highest BCUT2D eigenvalue weighted by Gasteiger charge is 2.05. The molecule has 1 aromatic carbocycles. The van der Waals surface area contributed by atoms with Crippen LogP contribution in [0, 0.1) is 0 Å². The van der Waals surface area contributed by atoms with Crippen LogP contribution in [-0.2, 0) is 6.42 Å². The summed E-state index contributed by atoms with van der Waals surface area (Å²) in [4.78, 5) is 7.49. The lowest BCUT2D eigenvalue weighted by Gasteiger charge is -2.07. The van der Waals surface area contributed by atoms with E-state index in [1.165, 1.54) is 5.56 Å². The van der Waals surface area contributed by atoms with Crippen molar-refractivity contribution in [3.63, 3.8) is 0 Å². The topological polar surface area (TPSA) is 65.1 Å². The van der Waals surface area contributed by atoms with Gasteiger partial charge in [0.1, 0.15) is 0 Å². The second kappa shape index (κ2) is 8.09. The zero-order chi connectivity index (χ0) is 17.6. The lowest BCUT2D eigenvalue weighted by atomic mass is 10.1. The zero-order valence-corrected chi connectivity index (χ0v) is 15.3. The molecule has 0 aliphatic rings. The zero-order valence-electron chi connectivity index (χ0n) is 13.7. The van der Waals surface area contributed by atoms with E-state index in [1.807, 2.05) is 49.5 Å². The van der Waals surface area contributed by atoms with Crippen molar-refractivity contribution in [1.29, 1.82) is 0 Å². The third-order valence-corrected chi connectivity index (χ3v) is 4.24. The smallest absolute Gasteiger partial charge is 0.186 e. The molecule has 0 bridgehead atoms. The van der Waals surface area contributed by atoms with Gasteiger partial charge in [0, 0.05) is 34.9 Å². The van der Waals surface area contributed by atoms with Gasteiger partial charge in [0.05, 0.1) is 11.4 Å². The summed E-state index contributed by atoms with van der Waals surface area (Å²) in [6.07, 6.45) is 4.56. The first kappa shape index (κ1) is 17.4. The van der Waals surface area contributed by atoms with Gasteiger partial charge in [0.15, 0.2) is 5.11 Å². The molecule has 0 radical (unpaired) electrons. The average molecular weight is 372 g/mol. The van der Waals surface area contributed by atoms with Crippen molar-refractivity contribution in [1.82, 2.24) is 20.7 Å². The molecule has 3 rings (SSSR count). The number of hydrogen-bond donors (Lipinski definition) is 3. The molecule has 7 heteroatoms. The number of rotatable bonds is 5. The number of H-pyrrole nitrogens is 1. The van der Waals surface area contributed by atoms with E-state index in [0.29, 0.717) is 11.7 Å². The number of nitrogens with zero attached hydrogens (tertiary/aromatic N) is 2. The number of benzene rings is 1. The van der Waals surface area contributed by atoms with Crippen LogP contribution < -0.4 is 10.7 Å². The van der Waals surface area contributed by atoms with Gasteiger partial charge < -0.3 is 10.3 Å². The number of hydrogen-bond acceptors (Lipinski definition) is 3.